The van der Waals surface area contributed by atoms with E-state index < -0.39 is 0 Å². The molecule has 1 unspecified atom stereocenters. The fourth-order valence-corrected chi connectivity index (χ4v) is 3.77. The molecule has 0 bridgehead atoms. The highest BCUT2D eigenvalue weighted by Gasteiger charge is 2.20. The summed E-state index contributed by atoms with van der Waals surface area (Å²) in [5.74, 6) is 0. The van der Waals surface area contributed by atoms with Gasteiger partial charge < -0.3 is 0 Å². The van der Waals surface area contributed by atoms with Crippen LogP contribution in [-0.2, 0) is 0 Å². The molecule has 0 aliphatic rings. The molecule has 4 aromatic carbocycles. The van der Waals surface area contributed by atoms with Gasteiger partial charge in [-0.05, 0) is 47.2 Å². The van der Waals surface area contributed by atoms with E-state index in [1.54, 1.807) is 0 Å². The number of benzene rings is 4. The minimum atomic E-state index is -0.335. The molecule has 2 nitrogen and oxygen atoms in total. The van der Waals surface area contributed by atoms with Gasteiger partial charge in [0.1, 0.15) is 6.04 Å². The van der Waals surface area contributed by atoms with Crippen molar-refractivity contribution in [1.29, 1.82) is 5.53 Å². The van der Waals surface area contributed by atoms with Crippen LogP contribution in [0.25, 0.3) is 22.3 Å². The van der Waals surface area contributed by atoms with Gasteiger partial charge in [-0.1, -0.05) is 108 Å². The van der Waals surface area contributed by atoms with E-state index in [1.807, 2.05) is 30.3 Å². The molecule has 0 amide bonds. The van der Waals surface area contributed by atoms with E-state index in [1.165, 1.54) is 16.7 Å². The van der Waals surface area contributed by atoms with Gasteiger partial charge in [0.05, 0.1) is 0 Å². The Hall–Kier alpha value is -3.52. The minimum absolute atomic E-state index is 0.335. The molecule has 0 saturated heterocycles. The van der Waals surface area contributed by atoms with E-state index in [9.17, 15) is 0 Å². The lowest BCUT2D eigenvalue weighted by Crippen LogP contribution is -2.01. The fourth-order valence-electron chi connectivity index (χ4n) is 3.77. The maximum atomic E-state index is 7.96. The SMILES string of the molecule is Cc1ccc(-c2cccc(C(N=N)c3ccccc3)c2-c2ccc(C)cc2)cc1. The van der Waals surface area contributed by atoms with Crippen molar-refractivity contribution in [2.24, 2.45) is 5.11 Å². The molecule has 4 aromatic rings. The van der Waals surface area contributed by atoms with Crippen molar-refractivity contribution in [1.82, 2.24) is 0 Å². The zero-order chi connectivity index (χ0) is 20.2. The summed E-state index contributed by atoms with van der Waals surface area (Å²) in [5.41, 5.74) is 17.1. The number of rotatable bonds is 5. The zero-order valence-electron chi connectivity index (χ0n) is 16.8. The molecule has 0 aromatic heterocycles. The average molecular weight is 377 g/mol. The van der Waals surface area contributed by atoms with Crippen molar-refractivity contribution >= 4 is 0 Å². The average Bonchev–Trinajstić information content (AvgIpc) is 2.76. The van der Waals surface area contributed by atoms with Crippen LogP contribution in [0.15, 0.2) is 102 Å². The van der Waals surface area contributed by atoms with E-state index >= 15 is 0 Å². The summed E-state index contributed by atoms with van der Waals surface area (Å²) in [7, 11) is 0. The first-order valence-corrected chi connectivity index (χ1v) is 9.86. The molecular formula is C27H24N2. The van der Waals surface area contributed by atoms with Crippen molar-refractivity contribution in [2.75, 3.05) is 0 Å². The van der Waals surface area contributed by atoms with E-state index in [0.29, 0.717) is 0 Å². The van der Waals surface area contributed by atoms with Crippen molar-refractivity contribution in [3.05, 3.63) is 119 Å². The molecule has 0 radical (unpaired) electrons. The fraction of sp³-hybridized carbons (Fsp3) is 0.111. The van der Waals surface area contributed by atoms with E-state index in [-0.39, 0.29) is 6.04 Å². The first-order valence-electron chi connectivity index (χ1n) is 9.86. The van der Waals surface area contributed by atoms with Gasteiger partial charge >= 0.3 is 0 Å². The summed E-state index contributed by atoms with van der Waals surface area (Å²) < 4.78 is 0. The third-order valence-electron chi connectivity index (χ3n) is 5.34. The molecule has 0 heterocycles. The lowest BCUT2D eigenvalue weighted by Gasteiger charge is -2.20. The Morgan fingerprint density at radius 1 is 0.621 bits per heavy atom. The second kappa shape index (κ2) is 8.24. The molecule has 1 atom stereocenters. The topological polar surface area (TPSA) is 36.2 Å². The van der Waals surface area contributed by atoms with Gasteiger partial charge in [0.2, 0.25) is 0 Å². The van der Waals surface area contributed by atoms with Crippen molar-refractivity contribution in [2.45, 2.75) is 19.9 Å². The van der Waals surface area contributed by atoms with Crippen LogP contribution < -0.4 is 0 Å². The van der Waals surface area contributed by atoms with Crippen LogP contribution >= 0.6 is 0 Å². The first-order chi connectivity index (χ1) is 14.2. The highest BCUT2D eigenvalue weighted by atomic mass is 15.0. The van der Waals surface area contributed by atoms with Crippen molar-refractivity contribution in [3.8, 4) is 22.3 Å². The minimum Gasteiger partial charge on any atom is -0.209 e. The summed E-state index contributed by atoms with van der Waals surface area (Å²) >= 11 is 0. The normalized spacial score (nSPS) is 11.8. The van der Waals surface area contributed by atoms with Crippen molar-refractivity contribution < 1.29 is 0 Å². The summed E-state index contributed by atoms with van der Waals surface area (Å²) in [6, 6.07) is 33.3. The molecule has 1 N–H and O–H groups in total. The third-order valence-corrected chi connectivity index (χ3v) is 5.34. The Bertz CT molecular complexity index is 1110. The molecule has 29 heavy (non-hydrogen) atoms. The molecule has 0 fully saturated rings. The van der Waals surface area contributed by atoms with Gasteiger partial charge in [-0.25, -0.2) is 5.53 Å². The first kappa shape index (κ1) is 18.8. The maximum Gasteiger partial charge on any atom is 0.121 e. The highest BCUT2D eigenvalue weighted by molar-refractivity contribution is 5.86. The van der Waals surface area contributed by atoms with Crippen LogP contribution in [0.2, 0.25) is 0 Å². The Morgan fingerprint density at radius 3 is 1.79 bits per heavy atom. The number of aryl methyl sites for hydroxylation is 2. The second-order valence-electron chi connectivity index (χ2n) is 7.44. The molecule has 4 rings (SSSR count). The predicted octanol–water partition coefficient (Wildman–Crippen LogP) is 7.76. The Kier molecular flexibility index (Phi) is 5.35. The second-order valence-corrected chi connectivity index (χ2v) is 7.44. The van der Waals surface area contributed by atoms with Gasteiger partial charge in [0.25, 0.3) is 0 Å². The quantitative estimate of drug-likeness (QED) is 0.346. The van der Waals surface area contributed by atoms with E-state index in [0.717, 1.165) is 27.8 Å². The molecule has 0 aliphatic heterocycles. The van der Waals surface area contributed by atoms with Crippen LogP contribution in [0.4, 0.5) is 0 Å². The van der Waals surface area contributed by atoms with Gasteiger partial charge in [-0.2, -0.15) is 5.11 Å². The number of nitrogens with zero attached hydrogens (tertiary/aromatic N) is 1. The van der Waals surface area contributed by atoms with Crippen LogP contribution in [-0.4, -0.2) is 0 Å². The lowest BCUT2D eigenvalue weighted by molar-refractivity contribution is 0.777. The largest absolute Gasteiger partial charge is 0.209 e. The third kappa shape index (κ3) is 3.88. The summed E-state index contributed by atoms with van der Waals surface area (Å²) in [4.78, 5) is 0. The van der Waals surface area contributed by atoms with Crippen LogP contribution in [0.1, 0.15) is 28.3 Å². The van der Waals surface area contributed by atoms with Crippen LogP contribution in [0.5, 0.6) is 0 Å². The standard InChI is InChI=1S/C27H24N2/c1-19-11-15-21(16-12-19)24-9-6-10-25(26(24)22-17-13-20(2)14-18-22)27(29-28)23-7-4-3-5-8-23/h3-18,27-28H,1-2H3. The molecule has 0 spiro atoms. The summed E-state index contributed by atoms with van der Waals surface area (Å²) in [6.07, 6.45) is 0. The monoisotopic (exact) mass is 376 g/mol. The number of hydrogen-bond donors (Lipinski definition) is 1. The molecule has 0 aliphatic carbocycles. The lowest BCUT2D eigenvalue weighted by atomic mass is 9.85. The van der Waals surface area contributed by atoms with E-state index in [4.69, 9.17) is 5.53 Å². The summed E-state index contributed by atoms with van der Waals surface area (Å²) in [6.45, 7) is 4.20. The zero-order valence-corrected chi connectivity index (χ0v) is 16.8. The molecular weight excluding hydrogens is 352 g/mol. The predicted molar refractivity (Wildman–Crippen MR) is 120 cm³/mol. The van der Waals surface area contributed by atoms with Crippen LogP contribution in [0, 0.1) is 19.4 Å². The highest BCUT2D eigenvalue weighted by Crippen LogP contribution is 2.40. The van der Waals surface area contributed by atoms with Gasteiger partial charge in [-0.15, -0.1) is 0 Å². The smallest absolute Gasteiger partial charge is 0.121 e. The van der Waals surface area contributed by atoms with E-state index in [2.05, 4.69) is 85.7 Å². The Morgan fingerprint density at radius 2 is 1.21 bits per heavy atom. The maximum absolute atomic E-state index is 7.96. The Labute approximate surface area is 172 Å². The van der Waals surface area contributed by atoms with Crippen molar-refractivity contribution in [3.63, 3.8) is 0 Å². The molecule has 2 heteroatoms. The molecule has 0 saturated carbocycles. The number of nitrogens with one attached hydrogen (secondary N) is 1. The number of hydrogen-bond acceptors (Lipinski definition) is 2. The van der Waals surface area contributed by atoms with Gasteiger partial charge in [0.15, 0.2) is 0 Å². The van der Waals surface area contributed by atoms with Gasteiger partial charge in [-0.3, -0.25) is 0 Å². The summed E-state index contributed by atoms with van der Waals surface area (Å²) in [5, 5.41) is 4.03. The van der Waals surface area contributed by atoms with Crippen LogP contribution in [0.3, 0.4) is 0 Å². The Balaban J connectivity index is 1.98. The van der Waals surface area contributed by atoms with Gasteiger partial charge in [0, 0.05) is 0 Å². The molecule has 142 valence electrons.